The molecule has 0 spiro atoms. The summed E-state index contributed by atoms with van der Waals surface area (Å²) in [5.74, 6) is -0.214. The van der Waals surface area contributed by atoms with E-state index in [0.29, 0.717) is 17.1 Å². The first kappa shape index (κ1) is 15.3. The molecule has 0 bridgehead atoms. The van der Waals surface area contributed by atoms with E-state index in [2.05, 4.69) is 41.0 Å². The first-order valence-electron chi connectivity index (χ1n) is 7.60. The molecule has 2 nitrogen and oxygen atoms in total. The van der Waals surface area contributed by atoms with E-state index < -0.39 is 0 Å². The first-order chi connectivity index (χ1) is 10.6. The molecule has 4 heteroatoms. The number of hydrogen-bond donors (Lipinski definition) is 0. The van der Waals surface area contributed by atoms with Gasteiger partial charge in [0.1, 0.15) is 5.82 Å². The molecule has 1 aliphatic heterocycles. The minimum atomic E-state index is -0.214. The van der Waals surface area contributed by atoms with E-state index in [1.165, 1.54) is 17.3 Å². The lowest BCUT2D eigenvalue weighted by Gasteiger charge is -2.36. The summed E-state index contributed by atoms with van der Waals surface area (Å²) in [6, 6.07) is 13.5. The van der Waals surface area contributed by atoms with E-state index >= 15 is 0 Å². The molecular formula is C18H20ClFN2. The molecule has 22 heavy (non-hydrogen) atoms. The number of aryl methyl sites for hydroxylation is 1. The van der Waals surface area contributed by atoms with Crippen LogP contribution in [0.25, 0.3) is 0 Å². The highest BCUT2D eigenvalue weighted by molar-refractivity contribution is 6.31. The molecular weight excluding hydrogens is 299 g/mol. The molecule has 0 N–H and O–H groups in total. The lowest BCUT2D eigenvalue weighted by Crippen LogP contribution is -2.46. The van der Waals surface area contributed by atoms with Gasteiger partial charge in [0, 0.05) is 49.0 Å². The third-order valence-electron chi connectivity index (χ3n) is 4.21. The second-order valence-corrected chi connectivity index (χ2v) is 6.21. The predicted octanol–water partition coefficient (Wildman–Crippen LogP) is 4.11. The number of nitrogens with zero attached hydrogens (tertiary/aromatic N) is 2. The summed E-state index contributed by atoms with van der Waals surface area (Å²) in [7, 11) is 0. The summed E-state index contributed by atoms with van der Waals surface area (Å²) >= 11 is 6.11. The molecule has 1 saturated heterocycles. The fourth-order valence-corrected chi connectivity index (χ4v) is 3.05. The van der Waals surface area contributed by atoms with Crippen molar-refractivity contribution in [1.29, 1.82) is 0 Å². The van der Waals surface area contributed by atoms with Crippen LogP contribution >= 0.6 is 11.6 Å². The number of hydrogen-bond acceptors (Lipinski definition) is 2. The van der Waals surface area contributed by atoms with Crippen molar-refractivity contribution in [2.75, 3.05) is 31.1 Å². The third-order valence-corrected chi connectivity index (χ3v) is 4.57. The van der Waals surface area contributed by atoms with Crippen LogP contribution in [0.15, 0.2) is 42.5 Å². The molecule has 1 fully saturated rings. The van der Waals surface area contributed by atoms with Gasteiger partial charge in [-0.1, -0.05) is 35.4 Å². The highest BCUT2D eigenvalue weighted by Crippen LogP contribution is 2.22. The zero-order valence-electron chi connectivity index (χ0n) is 12.7. The van der Waals surface area contributed by atoms with E-state index in [9.17, 15) is 4.39 Å². The van der Waals surface area contributed by atoms with Crippen LogP contribution < -0.4 is 4.90 Å². The van der Waals surface area contributed by atoms with Gasteiger partial charge < -0.3 is 4.90 Å². The standard InChI is InChI=1S/C18H20ClFN2/c1-14-5-7-15(8-6-14)22-11-9-21(10-12-22)13-16-17(19)3-2-4-18(16)20/h2-8H,9-13H2,1H3. The van der Waals surface area contributed by atoms with Gasteiger partial charge in [-0.3, -0.25) is 4.90 Å². The lowest BCUT2D eigenvalue weighted by molar-refractivity contribution is 0.246. The monoisotopic (exact) mass is 318 g/mol. The van der Waals surface area contributed by atoms with Crippen LogP contribution in [-0.4, -0.2) is 31.1 Å². The van der Waals surface area contributed by atoms with E-state index in [0.717, 1.165) is 26.2 Å². The summed E-state index contributed by atoms with van der Waals surface area (Å²) in [5.41, 5.74) is 3.14. The second kappa shape index (κ2) is 6.67. The van der Waals surface area contributed by atoms with Gasteiger partial charge in [0.05, 0.1) is 0 Å². The largest absolute Gasteiger partial charge is 0.369 e. The van der Waals surface area contributed by atoms with Crippen molar-refractivity contribution in [3.8, 4) is 0 Å². The SMILES string of the molecule is Cc1ccc(N2CCN(Cc3c(F)cccc3Cl)CC2)cc1. The lowest BCUT2D eigenvalue weighted by atomic mass is 10.1. The normalized spacial score (nSPS) is 16.0. The molecule has 0 unspecified atom stereocenters. The maximum absolute atomic E-state index is 13.9. The smallest absolute Gasteiger partial charge is 0.129 e. The number of piperazine rings is 1. The molecule has 2 aromatic rings. The molecule has 116 valence electrons. The molecule has 3 rings (SSSR count). The molecule has 0 radical (unpaired) electrons. The van der Waals surface area contributed by atoms with Crippen molar-refractivity contribution >= 4 is 17.3 Å². The van der Waals surface area contributed by atoms with Crippen LogP contribution in [0.5, 0.6) is 0 Å². The van der Waals surface area contributed by atoms with Gasteiger partial charge in [-0.05, 0) is 31.2 Å². The highest BCUT2D eigenvalue weighted by Gasteiger charge is 2.19. The van der Waals surface area contributed by atoms with Gasteiger partial charge in [-0.2, -0.15) is 0 Å². The average Bonchev–Trinajstić information content (AvgIpc) is 2.53. The Balaban J connectivity index is 1.61. The molecule has 0 amide bonds. The Kier molecular flexibility index (Phi) is 4.65. The number of halogens is 2. The summed E-state index contributed by atoms with van der Waals surface area (Å²) in [4.78, 5) is 4.63. The molecule has 2 aromatic carbocycles. The quantitative estimate of drug-likeness (QED) is 0.840. The van der Waals surface area contributed by atoms with Crippen LogP contribution in [0.4, 0.5) is 10.1 Å². The fourth-order valence-electron chi connectivity index (χ4n) is 2.83. The van der Waals surface area contributed by atoms with Gasteiger partial charge in [0.2, 0.25) is 0 Å². The van der Waals surface area contributed by atoms with Crippen LogP contribution in [0.3, 0.4) is 0 Å². The Morgan fingerprint density at radius 1 is 1.00 bits per heavy atom. The van der Waals surface area contributed by atoms with Gasteiger partial charge >= 0.3 is 0 Å². The van der Waals surface area contributed by atoms with Gasteiger partial charge in [-0.15, -0.1) is 0 Å². The van der Waals surface area contributed by atoms with Gasteiger partial charge in [0.15, 0.2) is 0 Å². The van der Waals surface area contributed by atoms with Gasteiger partial charge in [-0.25, -0.2) is 4.39 Å². The van der Waals surface area contributed by atoms with Crippen molar-refractivity contribution in [2.24, 2.45) is 0 Å². The Bertz CT molecular complexity index is 614. The maximum Gasteiger partial charge on any atom is 0.129 e. The van der Waals surface area contributed by atoms with E-state index in [-0.39, 0.29) is 5.82 Å². The number of rotatable bonds is 3. The Labute approximate surface area is 136 Å². The second-order valence-electron chi connectivity index (χ2n) is 5.80. The molecule has 0 atom stereocenters. The predicted molar refractivity (Wildman–Crippen MR) is 90.1 cm³/mol. The summed E-state index contributed by atoms with van der Waals surface area (Å²) in [6.07, 6.45) is 0. The fraction of sp³-hybridized carbons (Fsp3) is 0.333. The maximum atomic E-state index is 13.9. The van der Waals surface area contributed by atoms with Crippen molar-refractivity contribution in [2.45, 2.75) is 13.5 Å². The number of benzene rings is 2. The van der Waals surface area contributed by atoms with Crippen molar-refractivity contribution in [1.82, 2.24) is 4.90 Å². The minimum Gasteiger partial charge on any atom is -0.369 e. The zero-order valence-corrected chi connectivity index (χ0v) is 13.5. The summed E-state index contributed by atoms with van der Waals surface area (Å²) in [5, 5.41) is 0.515. The molecule has 0 aromatic heterocycles. The zero-order chi connectivity index (χ0) is 15.5. The van der Waals surface area contributed by atoms with Crippen LogP contribution in [0.2, 0.25) is 5.02 Å². The van der Waals surface area contributed by atoms with E-state index in [1.54, 1.807) is 12.1 Å². The Hall–Kier alpha value is -1.58. The van der Waals surface area contributed by atoms with Gasteiger partial charge in [0.25, 0.3) is 0 Å². The third kappa shape index (κ3) is 3.42. The summed E-state index contributed by atoms with van der Waals surface area (Å²) in [6.45, 7) is 6.41. The van der Waals surface area contributed by atoms with Crippen LogP contribution in [0, 0.1) is 12.7 Å². The van der Waals surface area contributed by atoms with E-state index in [1.807, 2.05) is 0 Å². The average molecular weight is 319 g/mol. The minimum absolute atomic E-state index is 0.214. The van der Waals surface area contributed by atoms with Crippen LogP contribution in [0.1, 0.15) is 11.1 Å². The Morgan fingerprint density at radius 3 is 2.32 bits per heavy atom. The van der Waals surface area contributed by atoms with E-state index in [4.69, 9.17) is 11.6 Å². The van der Waals surface area contributed by atoms with Crippen LogP contribution in [-0.2, 0) is 6.54 Å². The Morgan fingerprint density at radius 2 is 1.68 bits per heavy atom. The van der Waals surface area contributed by atoms with Crippen molar-refractivity contribution < 1.29 is 4.39 Å². The molecule has 0 aliphatic carbocycles. The molecule has 1 heterocycles. The molecule has 0 saturated carbocycles. The highest BCUT2D eigenvalue weighted by atomic mass is 35.5. The summed E-state index contributed by atoms with van der Waals surface area (Å²) < 4.78 is 13.9. The molecule has 1 aliphatic rings. The van der Waals surface area contributed by atoms with Crippen molar-refractivity contribution in [3.63, 3.8) is 0 Å². The number of anilines is 1. The first-order valence-corrected chi connectivity index (χ1v) is 7.98. The van der Waals surface area contributed by atoms with Crippen molar-refractivity contribution in [3.05, 3.63) is 64.4 Å². The topological polar surface area (TPSA) is 6.48 Å².